The summed E-state index contributed by atoms with van der Waals surface area (Å²) in [6.07, 6.45) is 1.34. The Bertz CT molecular complexity index is 569. The van der Waals surface area contributed by atoms with Gasteiger partial charge in [-0.05, 0) is 12.1 Å². The van der Waals surface area contributed by atoms with Crippen LogP contribution in [0.25, 0.3) is 10.9 Å². The summed E-state index contributed by atoms with van der Waals surface area (Å²) < 4.78 is 30.5. The third-order valence-corrected chi connectivity index (χ3v) is 2.19. The first kappa shape index (κ1) is 10.5. The van der Waals surface area contributed by atoms with E-state index in [1.54, 1.807) is 0 Å². The second-order valence-corrected chi connectivity index (χ2v) is 3.13. The molecule has 16 heavy (non-hydrogen) atoms. The number of halogens is 2. The molecule has 1 aromatic carbocycles. The van der Waals surface area contributed by atoms with Crippen molar-refractivity contribution in [3.63, 3.8) is 0 Å². The maximum atomic E-state index is 13.0. The van der Waals surface area contributed by atoms with E-state index < -0.39 is 17.6 Å². The molecule has 0 unspecified atom stereocenters. The number of nitrogens with zero attached hydrogens (tertiary/aromatic N) is 1. The zero-order chi connectivity index (χ0) is 11.7. The van der Waals surface area contributed by atoms with Crippen molar-refractivity contribution in [2.75, 3.05) is 7.11 Å². The van der Waals surface area contributed by atoms with E-state index in [9.17, 15) is 13.6 Å². The average Bonchev–Trinajstić information content (AvgIpc) is 2.29. The normalized spacial score (nSPS) is 10.4. The molecule has 1 heterocycles. The molecule has 0 saturated carbocycles. The molecule has 0 aliphatic heterocycles. The Balaban J connectivity index is 2.77. The quantitative estimate of drug-likeness (QED) is 0.696. The highest BCUT2D eigenvalue weighted by Crippen LogP contribution is 2.20. The summed E-state index contributed by atoms with van der Waals surface area (Å²) in [7, 11) is 1.22. The van der Waals surface area contributed by atoms with Crippen molar-refractivity contribution >= 4 is 16.9 Å². The van der Waals surface area contributed by atoms with Crippen molar-refractivity contribution < 1.29 is 18.3 Å². The van der Waals surface area contributed by atoms with Gasteiger partial charge in [-0.15, -0.1) is 0 Å². The molecule has 0 saturated heterocycles. The zero-order valence-corrected chi connectivity index (χ0v) is 8.33. The lowest BCUT2D eigenvalue weighted by Crippen LogP contribution is -2.03. The molecule has 0 atom stereocenters. The molecule has 5 heteroatoms. The number of ether oxygens (including phenoxy) is 1. The molecule has 1 aromatic heterocycles. The van der Waals surface area contributed by atoms with E-state index in [4.69, 9.17) is 0 Å². The van der Waals surface area contributed by atoms with Crippen LogP contribution >= 0.6 is 0 Å². The smallest absolute Gasteiger partial charge is 0.338 e. The Hall–Kier alpha value is -2.04. The molecule has 82 valence electrons. The maximum Gasteiger partial charge on any atom is 0.338 e. The predicted molar refractivity (Wildman–Crippen MR) is 53.0 cm³/mol. The Morgan fingerprint density at radius 3 is 2.69 bits per heavy atom. The third-order valence-electron chi connectivity index (χ3n) is 2.19. The summed E-state index contributed by atoms with van der Waals surface area (Å²) in [6, 6.07) is 3.27. The molecular formula is C11H7F2NO2. The van der Waals surface area contributed by atoms with E-state index in [-0.39, 0.29) is 16.5 Å². The van der Waals surface area contributed by atoms with E-state index >= 15 is 0 Å². The van der Waals surface area contributed by atoms with Crippen LogP contribution in [-0.4, -0.2) is 18.1 Å². The summed E-state index contributed by atoms with van der Waals surface area (Å²) in [6.45, 7) is 0. The molecule has 0 aliphatic carbocycles. The van der Waals surface area contributed by atoms with Gasteiger partial charge in [0.05, 0.1) is 18.2 Å². The number of pyridine rings is 1. The standard InChI is InChI=1S/C11H7F2NO2/c1-16-11(15)6-2-3-14-10-5-9(13)8(12)4-7(6)10/h2-5H,1H3. The minimum Gasteiger partial charge on any atom is -0.465 e. The largest absolute Gasteiger partial charge is 0.465 e. The molecule has 2 aromatic rings. The fraction of sp³-hybridized carbons (Fsp3) is 0.0909. The highest BCUT2D eigenvalue weighted by Gasteiger charge is 2.13. The molecule has 0 radical (unpaired) electrons. The van der Waals surface area contributed by atoms with Gasteiger partial charge in [0.25, 0.3) is 0 Å². The van der Waals surface area contributed by atoms with Crippen molar-refractivity contribution in [1.29, 1.82) is 0 Å². The number of carbonyl (C=O) groups is 1. The minimum absolute atomic E-state index is 0.159. The number of aromatic nitrogens is 1. The van der Waals surface area contributed by atoms with Gasteiger partial charge in [-0.3, -0.25) is 4.98 Å². The van der Waals surface area contributed by atoms with Gasteiger partial charge in [0, 0.05) is 17.6 Å². The Kier molecular flexibility index (Phi) is 2.52. The minimum atomic E-state index is -1.02. The van der Waals surface area contributed by atoms with Crippen LogP contribution in [0.3, 0.4) is 0 Å². The van der Waals surface area contributed by atoms with Crippen molar-refractivity contribution in [3.8, 4) is 0 Å². The molecule has 0 aliphatic rings. The van der Waals surface area contributed by atoms with E-state index in [1.807, 2.05) is 0 Å². The van der Waals surface area contributed by atoms with E-state index in [0.717, 1.165) is 12.1 Å². The SMILES string of the molecule is COC(=O)c1ccnc2cc(F)c(F)cc12. The molecule has 0 N–H and O–H groups in total. The fourth-order valence-corrected chi connectivity index (χ4v) is 1.43. The lowest BCUT2D eigenvalue weighted by molar-refractivity contribution is 0.0603. The van der Waals surface area contributed by atoms with Crippen molar-refractivity contribution in [1.82, 2.24) is 4.98 Å². The van der Waals surface area contributed by atoms with Gasteiger partial charge < -0.3 is 4.74 Å². The number of rotatable bonds is 1. The number of hydrogen-bond acceptors (Lipinski definition) is 3. The topological polar surface area (TPSA) is 39.2 Å². The Labute approximate surface area is 89.7 Å². The predicted octanol–water partition coefficient (Wildman–Crippen LogP) is 2.30. The number of esters is 1. The first-order valence-electron chi connectivity index (χ1n) is 4.45. The van der Waals surface area contributed by atoms with E-state index in [2.05, 4.69) is 9.72 Å². The van der Waals surface area contributed by atoms with Crippen molar-refractivity contribution in [2.24, 2.45) is 0 Å². The van der Waals surface area contributed by atoms with Gasteiger partial charge in [-0.25, -0.2) is 13.6 Å². The van der Waals surface area contributed by atoms with Gasteiger partial charge >= 0.3 is 5.97 Å². The van der Waals surface area contributed by atoms with Crippen LogP contribution in [0.15, 0.2) is 24.4 Å². The number of methoxy groups -OCH3 is 1. The Morgan fingerprint density at radius 1 is 1.31 bits per heavy atom. The lowest BCUT2D eigenvalue weighted by atomic mass is 10.1. The van der Waals surface area contributed by atoms with Crippen LogP contribution in [0, 0.1) is 11.6 Å². The number of carbonyl (C=O) groups excluding carboxylic acids is 1. The van der Waals surface area contributed by atoms with Crippen LogP contribution in [0.2, 0.25) is 0 Å². The zero-order valence-electron chi connectivity index (χ0n) is 8.33. The second-order valence-electron chi connectivity index (χ2n) is 3.13. The highest BCUT2D eigenvalue weighted by atomic mass is 19.2. The maximum absolute atomic E-state index is 13.0. The monoisotopic (exact) mass is 223 g/mol. The molecule has 0 amide bonds. The summed E-state index contributed by atoms with van der Waals surface area (Å²) in [5, 5.41) is 0.230. The molecule has 0 fully saturated rings. The van der Waals surface area contributed by atoms with E-state index in [0.29, 0.717) is 0 Å². The summed E-state index contributed by atoms with van der Waals surface area (Å²) in [5.41, 5.74) is 0.369. The third kappa shape index (κ3) is 1.60. The summed E-state index contributed by atoms with van der Waals surface area (Å²) in [5.74, 6) is -2.63. The second kappa shape index (κ2) is 3.84. The van der Waals surface area contributed by atoms with E-state index in [1.165, 1.54) is 19.4 Å². The summed E-state index contributed by atoms with van der Waals surface area (Å²) in [4.78, 5) is 15.2. The van der Waals surface area contributed by atoms with Gasteiger partial charge in [0.1, 0.15) is 0 Å². The number of hydrogen-bond donors (Lipinski definition) is 0. The lowest BCUT2D eigenvalue weighted by Gasteiger charge is -2.04. The molecule has 3 nitrogen and oxygen atoms in total. The molecule has 0 bridgehead atoms. The number of fused-ring (bicyclic) bond motifs is 1. The van der Waals surface area contributed by atoms with Crippen LogP contribution in [0.5, 0.6) is 0 Å². The van der Waals surface area contributed by atoms with Gasteiger partial charge in [-0.2, -0.15) is 0 Å². The van der Waals surface area contributed by atoms with Crippen LogP contribution < -0.4 is 0 Å². The van der Waals surface area contributed by atoms with Gasteiger partial charge in [0.2, 0.25) is 0 Å². The highest BCUT2D eigenvalue weighted by molar-refractivity contribution is 6.03. The van der Waals surface area contributed by atoms with Crippen molar-refractivity contribution in [3.05, 3.63) is 41.6 Å². The molecular weight excluding hydrogens is 216 g/mol. The molecule has 2 rings (SSSR count). The fourth-order valence-electron chi connectivity index (χ4n) is 1.43. The summed E-state index contributed by atoms with van der Waals surface area (Å²) >= 11 is 0. The molecule has 0 spiro atoms. The van der Waals surface area contributed by atoms with Gasteiger partial charge in [0.15, 0.2) is 11.6 Å². The Morgan fingerprint density at radius 2 is 2.00 bits per heavy atom. The van der Waals surface area contributed by atoms with Gasteiger partial charge in [-0.1, -0.05) is 0 Å². The van der Waals surface area contributed by atoms with Crippen LogP contribution in [0.4, 0.5) is 8.78 Å². The average molecular weight is 223 g/mol. The van der Waals surface area contributed by atoms with Crippen LogP contribution in [0.1, 0.15) is 10.4 Å². The first-order chi connectivity index (χ1) is 7.63. The van der Waals surface area contributed by atoms with Crippen molar-refractivity contribution in [2.45, 2.75) is 0 Å². The first-order valence-corrected chi connectivity index (χ1v) is 4.45. The van der Waals surface area contributed by atoms with Crippen LogP contribution in [-0.2, 0) is 4.74 Å². The number of benzene rings is 1.